The van der Waals surface area contributed by atoms with Crippen molar-refractivity contribution in [2.45, 2.75) is 20.0 Å². The Kier molecular flexibility index (Phi) is 4.88. The predicted octanol–water partition coefficient (Wildman–Crippen LogP) is 5.06. The van der Waals surface area contributed by atoms with E-state index < -0.39 is 0 Å². The van der Waals surface area contributed by atoms with Gasteiger partial charge in [-0.25, -0.2) is 0 Å². The Morgan fingerprint density at radius 1 is 1.00 bits per heavy atom. The Hall–Kier alpha value is -1.68. The molecule has 0 aliphatic heterocycles. The molecule has 2 aromatic heterocycles. The van der Waals surface area contributed by atoms with Crippen LogP contribution in [0.3, 0.4) is 0 Å². The second kappa shape index (κ2) is 7.05. The summed E-state index contributed by atoms with van der Waals surface area (Å²) in [5.41, 5.74) is 3.34. The zero-order valence-electron chi connectivity index (χ0n) is 12.3. The fraction of sp³-hybridized carbons (Fsp3) is 0.167. The zero-order chi connectivity index (χ0) is 15.4. The van der Waals surface area contributed by atoms with Crippen LogP contribution < -0.4 is 5.32 Å². The van der Waals surface area contributed by atoms with E-state index in [0.29, 0.717) is 0 Å². The largest absolute Gasteiger partial charge is 0.306 e. The molecule has 3 rings (SSSR count). The van der Waals surface area contributed by atoms with Gasteiger partial charge in [0.05, 0.1) is 5.69 Å². The smallest absolute Gasteiger partial charge is 0.0544 e. The summed E-state index contributed by atoms with van der Waals surface area (Å²) >= 11 is 7.73. The molecule has 0 amide bonds. The summed E-state index contributed by atoms with van der Waals surface area (Å²) < 4.78 is 0. The topological polar surface area (TPSA) is 24.9 Å². The maximum atomic E-state index is 5.93. The molecule has 3 aromatic rings. The Morgan fingerprint density at radius 2 is 1.82 bits per heavy atom. The Balaban J connectivity index is 1.59. The first kappa shape index (κ1) is 15.2. The van der Waals surface area contributed by atoms with Crippen molar-refractivity contribution in [2.75, 3.05) is 0 Å². The Morgan fingerprint density at radius 3 is 2.59 bits per heavy atom. The van der Waals surface area contributed by atoms with Crippen LogP contribution in [0, 0.1) is 6.92 Å². The van der Waals surface area contributed by atoms with Crippen LogP contribution in [-0.4, -0.2) is 4.98 Å². The van der Waals surface area contributed by atoms with E-state index in [4.69, 9.17) is 11.6 Å². The molecular weight excluding hydrogens is 312 g/mol. The van der Waals surface area contributed by atoms with Gasteiger partial charge in [0.2, 0.25) is 0 Å². The van der Waals surface area contributed by atoms with Crippen molar-refractivity contribution in [1.82, 2.24) is 10.3 Å². The van der Waals surface area contributed by atoms with Gasteiger partial charge in [-0.3, -0.25) is 4.98 Å². The number of pyridine rings is 1. The summed E-state index contributed by atoms with van der Waals surface area (Å²) in [6.45, 7) is 3.66. The van der Waals surface area contributed by atoms with Gasteiger partial charge in [-0.2, -0.15) is 0 Å². The van der Waals surface area contributed by atoms with Crippen LogP contribution in [0.2, 0.25) is 5.02 Å². The van der Waals surface area contributed by atoms with Crippen molar-refractivity contribution in [1.29, 1.82) is 0 Å². The quantitative estimate of drug-likeness (QED) is 0.708. The van der Waals surface area contributed by atoms with Crippen LogP contribution in [0.4, 0.5) is 0 Å². The van der Waals surface area contributed by atoms with Crippen LogP contribution in [-0.2, 0) is 13.1 Å². The number of halogens is 1. The second-order valence-corrected chi connectivity index (χ2v) is 6.75. The van der Waals surface area contributed by atoms with Gasteiger partial charge < -0.3 is 5.32 Å². The lowest BCUT2D eigenvalue weighted by Crippen LogP contribution is -2.12. The van der Waals surface area contributed by atoms with E-state index in [1.807, 2.05) is 37.3 Å². The molecule has 0 radical (unpaired) electrons. The molecule has 4 heteroatoms. The average molecular weight is 329 g/mol. The Bertz CT molecular complexity index is 750. The number of hydrogen-bond acceptors (Lipinski definition) is 3. The van der Waals surface area contributed by atoms with Crippen molar-refractivity contribution >= 4 is 22.9 Å². The lowest BCUT2D eigenvalue weighted by molar-refractivity contribution is 0.685. The van der Waals surface area contributed by atoms with Crippen molar-refractivity contribution < 1.29 is 0 Å². The molecule has 112 valence electrons. The number of aromatic nitrogens is 1. The predicted molar refractivity (Wildman–Crippen MR) is 94.3 cm³/mol. The lowest BCUT2D eigenvalue weighted by Gasteiger charge is -2.03. The van der Waals surface area contributed by atoms with E-state index in [9.17, 15) is 0 Å². The first-order valence-corrected chi connectivity index (χ1v) is 8.38. The first-order chi connectivity index (χ1) is 10.7. The molecule has 0 saturated carbocycles. The molecule has 2 nitrogen and oxygen atoms in total. The van der Waals surface area contributed by atoms with Crippen LogP contribution in [0.1, 0.15) is 16.3 Å². The summed E-state index contributed by atoms with van der Waals surface area (Å²) in [4.78, 5) is 7.08. The van der Waals surface area contributed by atoms with Crippen molar-refractivity contribution in [3.05, 3.63) is 75.9 Å². The van der Waals surface area contributed by atoms with Crippen LogP contribution in [0.25, 0.3) is 10.4 Å². The van der Waals surface area contributed by atoms with Gasteiger partial charge in [0.1, 0.15) is 0 Å². The SMILES string of the molecule is Cc1cccc(CNCc2ccc(-c3ccc(Cl)cc3)s2)n1. The highest BCUT2D eigenvalue weighted by Gasteiger charge is 2.03. The molecule has 1 N–H and O–H groups in total. The molecular formula is C18H17ClN2S. The van der Waals surface area contributed by atoms with E-state index in [-0.39, 0.29) is 0 Å². The van der Waals surface area contributed by atoms with Gasteiger partial charge in [0.25, 0.3) is 0 Å². The highest BCUT2D eigenvalue weighted by molar-refractivity contribution is 7.15. The number of nitrogens with zero attached hydrogens (tertiary/aromatic N) is 1. The zero-order valence-corrected chi connectivity index (χ0v) is 13.9. The van der Waals surface area contributed by atoms with Crippen LogP contribution in [0.15, 0.2) is 54.6 Å². The van der Waals surface area contributed by atoms with Gasteiger partial charge >= 0.3 is 0 Å². The molecule has 1 aromatic carbocycles. The molecule has 0 fully saturated rings. The second-order valence-electron chi connectivity index (χ2n) is 5.15. The standard InChI is InChI=1S/C18H17ClN2S/c1-13-3-2-4-16(21-13)11-20-12-17-9-10-18(22-17)14-5-7-15(19)8-6-14/h2-10,20H,11-12H2,1H3. The first-order valence-electron chi connectivity index (χ1n) is 7.18. The van der Waals surface area contributed by atoms with Crippen molar-refractivity contribution in [3.8, 4) is 10.4 Å². The van der Waals surface area contributed by atoms with Gasteiger partial charge in [-0.05, 0) is 48.9 Å². The molecule has 0 saturated heterocycles. The fourth-order valence-corrected chi connectivity index (χ4v) is 3.36. The molecule has 0 aliphatic rings. The van der Waals surface area contributed by atoms with Crippen LogP contribution >= 0.6 is 22.9 Å². The van der Waals surface area contributed by atoms with E-state index >= 15 is 0 Å². The average Bonchev–Trinajstić information content (AvgIpc) is 2.97. The van der Waals surface area contributed by atoms with Crippen molar-refractivity contribution in [3.63, 3.8) is 0 Å². The molecule has 0 spiro atoms. The van der Waals surface area contributed by atoms with Crippen LogP contribution in [0.5, 0.6) is 0 Å². The maximum Gasteiger partial charge on any atom is 0.0544 e. The summed E-state index contributed by atoms with van der Waals surface area (Å²) in [5, 5.41) is 4.22. The fourth-order valence-electron chi connectivity index (χ4n) is 2.25. The summed E-state index contributed by atoms with van der Waals surface area (Å²) in [5.74, 6) is 0. The highest BCUT2D eigenvalue weighted by atomic mass is 35.5. The number of nitrogens with one attached hydrogen (secondary N) is 1. The molecule has 22 heavy (non-hydrogen) atoms. The molecule has 2 heterocycles. The highest BCUT2D eigenvalue weighted by Crippen LogP contribution is 2.28. The number of benzene rings is 1. The number of aryl methyl sites for hydroxylation is 1. The van der Waals surface area contributed by atoms with Gasteiger partial charge in [-0.1, -0.05) is 29.8 Å². The van der Waals surface area contributed by atoms with Gasteiger partial charge in [-0.15, -0.1) is 11.3 Å². The summed E-state index contributed by atoms with van der Waals surface area (Å²) in [7, 11) is 0. The minimum Gasteiger partial charge on any atom is -0.306 e. The van der Waals surface area contributed by atoms with Crippen molar-refractivity contribution in [2.24, 2.45) is 0 Å². The third kappa shape index (κ3) is 3.95. The molecule has 0 aliphatic carbocycles. The third-order valence-electron chi connectivity index (χ3n) is 3.34. The van der Waals surface area contributed by atoms with E-state index in [2.05, 4.69) is 34.6 Å². The molecule has 0 atom stereocenters. The minimum absolute atomic E-state index is 0.771. The summed E-state index contributed by atoms with van der Waals surface area (Å²) in [6, 6.07) is 18.4. The van der Waals surface area contributed by atoms with E-state index in [1.54, 1.807) is 11.3 Å². The Labute approximate surface area is 139 Å². The molecule has 0 bridgehead atoms. The number of rotatable bonds is 5. The van der Waals surface area contributed by atoms with E-state index in [1.165, 1.54) is 15.3 Å². The number of hydrogen-bond donors (Lipinski definition) is 1. The normalized spacial score (nSPS) is 10.8. The number of thiophene rings is 1. The van der Waals surface area contributed by atoms with E-state index in [0.717, 1.165) is 29.5 Å². The maximum absolute atomic E-state index is 5.93. The van der Waals surface area contributed by atoms with Gasteiger partial charge in [0, 0.05) is 33.6 Å². The third-order valence-corrected chi connectivity index (χ3v) is 4.73. The molecule has 0 unspecified atom stereocenters. The van der Waals surface area contributed by atoms with Gasteiger partial charge in [0.15, 0.2) is 0 Å². The lowest BCUT2D eigenvalue weighted by atomic mass is 10.2. The summed E-state index contributed by atoms with van der Waals surface area (Å²) in [6.07, 6.45) is 0. The minimum atomic E-state index is 0.771. The monoisotopic (exact) mass is 328 g/mol.